The number of ether oxygens (including phenoxy) is 2. The number of nitrogens with one attached hydrogen (secondary N) is 1. The molecule has 34 heavy (non-hydrogen) atoms. The normalized spacial score (nSPS) is 15.4. The molecule has 2 heterocycles. The predicted octanol–water partition coefficient (Wildman–Crippen LogP) is 4.29. The minimum Gasteiger partial charge on any atom is -0.443 e. The summed E-state index contributed by atoms with van der Waals surface area (Å²) in [4.78, 5) is 41.0. The monoisotopic (exact) mass is 487 g/mol. The van der Waals surface area contributed by atoms with Crippen LogP contribution in [0.1, 0.15) is 61.0 Å². The summed E-state index contributed by atoms with van der Waals surface area (Å²) in [6, 6.07) is 7.05. The number of nitrogens with zero attached hydrogens (tertiary/aromatic N) is 2. The van der Waals surface area contributed by atoms with Crippen molar-refractivity contribution in [2.75, 3.05) is 4.90 Å². The van der Waals surface area contributed by atoms with E-state index in [9.17, 15) is 14.4 Å². The number of halogens is 1. The molecule has 0 spiro atoms. The minimum atomic E-state index is -0.859. The average Bonchev–Trinajstić information content (AvgIpc) is 3.02. The van der Waals surface area contributed by atoms with Crippen LogP contribution in [-0.2, 0) is 9.47 Å². The number of H-pyrrole nitrogens is 1. The number of rotatable bonds is 0. The van der Waals surface area contributed by atoms with E-state index in [1.807, 2.05) is 0 Å². The van der Waals surface area contributed by atoms with Gasteiger partial charge in [-0.15, -0.1) is 4.68 Å². The highest BCUT2D eigenvalue weighted by Crippen LogP contribution is 2.38. The van der Waals surface area contributed by atoms with E-state index in [1.54, 1.807) is 79.7 Å². The summed E-state index contributed by atoms with van der Waals surface area (Å²) < 4.78 is 11.8. The number of carbonyl (C=O) groups is 2. The van der Waals surface area contributed by atoms with E-state index < -0.39 is 28.9 Å². The second kappa shape index (κ2) is 8.83. The van der Waals surface area contributed by atoms with Crippen LogP contribution < -0.4 is 21.0 Å². The highest BCUT2D eigenvalue weighted by molar-refractivity contribution is 6.50. The van der Waals surface area contributed by atoms with Gasteiger partial charge in [0, 0.05) is 5.56 Å². The number of hydrogen-bond acceptors (Lipinski definition) is 5. The molecule has 0 radical (unpaired) electrons. The lowest BCUT2D eigenvalue weighted by Gasteiger charge is -2.31. The van der Waals surface area contributed by atoms with E-state index >= 15 is 0 Å². The summed E-state index contributed by atoms with van der Waals surface area (Å²) in [5.41, 5.74) is -0.285. The van der Waals surface area contributed by atoms with E-state index in [0.717, 1.165) is 10.3 Å². The molecule has 8 nitrogen and oxygen atoms in total. The fourth-order valence-corrected chi connectivity index (χ4v) is 3.69. The first kappa shape index (κ1) is 25.4. The lowest BCUT2D eigenvalue weighted by Crippen LogP contribution is -2.46. The van der Waals surface area contributed by atoms with Gasteiger partial charge in [0.15, 0.2) is 0 Å². The van der Waals surface area contributed by atoms with Gasteiger partial charge in [0.1, 0.15) is 11.2 Å². The Morgan fingerprint density at radius 3 is 2.06 bits per heavy atom. The number of para-hydroxylation sites is 1. The first-order chi connectivity index (χ1) is 15.6. The molecule has 0 saturated heterocycles. The van der Waals surface area contributed by atoms with Crippen molar-refractivity contribution in [3.05, 3.63) is 56.8 Å². The van der Waals surface area contributed by atoms with Crippen molar-refractivity contribution < 1.29 is 19.1 Å². The Balaban J connectivity index is 2.42. The molecule has 0 unspecified atom stereocenters. The van der Waals surface area contributed by atoms with Crippen LogP contribution in [0.2, 0.25) is 0 Å². The van der Waals surface area contributed by atoms with E-state index in [4.69, 9.17) is 21.1 Å². The molecule has 0 saturated carbocycles. The first-order valence-corrected chi connectivity index (χ1v) is 11.2. The van der Waals surface area contributed by atoms with E-state index in [-0.39, 0.29) is 10.9 Å². The summed E-state index contributed by atoms with van der Waals surface area (Å²) in [6.07, 6.45) is -0.00833. The van der Waals surface area contributed by atoms with Crippen LogP contribution in [0.15, 0.2) is 35.1 Å². The Morgan fingerprint density at radius 2 is 1.50 bits per heavy atom. The average molecular weight is 488 g/mol. The molecule has 1 amide bonds. The standard InChI is InChI=1S/C25H30ClN3O5/c1-14(2)20-19(21(30)29(27-20)23(32)34-25(6,7)8)18-13-16(26)15-11-9-10-12-17(15)28(18)22(31)33-24(3,4)5/h9-13,27H,1-8H3. The molecule has 0 aliphatic carbocycles. The highest BCUT2D eigenvalue weighted by Gasteiger charge is 2.33. The third-order valence-corrected chi connectivity index (χ3v) is 5.02. The third kappa shape index (κ3) is 5.12. The van der Waals surface area contributed by atoms with Crippen molar-refractivity contribution in [1.82, 2.24) is 9.78 Å². The van der Waals surface area contributed by atoms with Gasteiger partial charge < -0.3 is 9.47 Å². The zero-order valence-corrected chi connectivity index (χ0v) is 21.5. The minimum absolute atomic E-state index is 0.101. The van der Waals surface area contributed by atoms with E-state index in [2.05, 4.69) is 5.10 Å². The molecule has 1 aliphatic heterocycles. The van der Waals surface area contributed by atoms with Gasteiger partial charge in [-0.3, -0.25) is 9.89 Å². The number of anilines is 1. The van der Waals surface area contributed by atoms with Gasteiger partial charge in [-0.25, -0.2) is 14.5 Å². The molecule has 0 atom stereocenters. The molecular formula is C25H30ClN3O5. The Hall–Kier alpha value is -3.26. The van der Waals surface area contributed by atoms with Crippen LogP contribution in [0.4, 0.5) is 15.3 Å². The van der Waals surface area contributed by atoms with Crippen LogP contribution in [0.5, 0.6) is 0 Å². The van der Waals surface area contributed by atoms with Crippen molar-refractivity contribution >= 4 is 45.8 Å². The molecular weight excluding hydrogens is 458 g/mol. The molecule has 1 aromatic heterocycles. The van der Waals surface area contributed by atoms with E-state index in [1.165, 1.54) is 11.0 Å². The molecule has 1 aliphatic rings. The molecule has 1 aromatic carbocycles. The summed E-state index contributed by atoms with van der Waals surface area (Å²) in [7, 11) is 0. The third-order valence-electron chi connectivity index (χ3n) is 4.71. The fraction of sp³-hybridized carbons (Fsp3) is 0.400. The molecule has 2 aromatic rings. The molecule has 182 valence electrons. The number of benzene rings is 1. The van der Waals surface area contributed by atoms with Crippen molar-refractivity contribution in [3.8, 4) is 0 Å². The lowest BCUT2D eigenvalue weighted by atomic mass is 10.0. The van der Waals surface area contributed by atoms with Crippen molar-refractivity contribution in [2.45, 2.75) is 66.6 Å². The zero-order valence-electron chi connectivity index (χ0n) is 20.7. The number of aromatic nitrogens is 2. The Kier molecular flexibility index (Phi) is 6.59. The molecule has 3 rings (SSSR count). The topological polar surface area (TPSA) is 93.6 Å². The number of fused-ring (bicyclic) bond motifs is 1. The smallest absolute Gasteiger partial charge is 0.436 e. The number of carbonyl (C=O) groups excluding carboxylic acids is 2. The van der Waals surface area contributed by atoms with Gasteiger partial charge in [-0.05, 0) is 67.5 Å². The van der Waals surface area contributed by atoms with Crippen molar-refractivity contribution in [3.63, 3.8) is 0 Å². The summed E-state index contributed by atoms with van der Waals surface area (Å²) >= 11 is 6.58. The number of hydrogen-bond donors (Lipinski definition) is 1. The van der Waals surface area contributed by atoms with Gasteiger partial charge in [0.25, 0.3) is 5.56 Å². The molecule has 1 N–H and O–H groups in total. The quantitative estimate of drug-likeness (QED) is 0.598. The van der Waals surface area contributed by atoms with Crippen LogP contribution >= 0.6 is 11.6 Å². The van der Waals surface area contributed by atoms with Gasteiger partial charge in [-0.1, -0.05) is 35.4 Å². The highest BCUT2D eigenvalue weighted by atomic mass is 35.5. The van der Waals surface area contributed by atoms with Crippen molar-refractivity contribution in [2.24, 2.45) is 0 Å². The molecule has 9 heteroatoms. The molecule has 0 fully saturated rings. The predicted molar refractivity (Wildman–Crippen MR) is 133 cm³/mol. The largest absolute Gasteiger partial charge is 0.443 e. The van der Waals surface area contributed by atoms with Crippen molar-refractivity contribution in [1.29, 1.82) is 0 Å². The van der Waals surface area contributed by atoms with Gasteiger partial charge >= 0.3 is 12.2 Å². The van der Waals surface area contributed by atoms with Crippen LogP contribution in [0.25, 0.3) is 16.3 Å². The Morgan fingerprint density at radius 1 is 0.941 bits per heavy atom. The Bertz CT molecular complexity index is 1360. The molecule has 0 bridgehead atoms. The lowest BCUT2D eigenvalue weighted by molar-refractivity contribution is 0.0507. The maximum atomic E-state index is 13.5. The van der Waals surface area contributed by atoms with Crippen LogP contribution in [0.3, 0.4) is 0 Å². The van der Waals surface area contributed by atoms with Crippen LogP contribution in [-0.4, -0.2) is 33.2 Å². The van der Waals surface area contributed by atoms with E-state index in [0.29, 0.717) is 21.6 Å². The summed E-state index contributed by atoms with van der Waals surface area (Å²) in [5.74, 6) is 0. The van der Waals surface area contributed by atoms with Gasteiger partial charge in [0.2, 0.25) is 0 Å². The fourth-order valence-electron chi connectivity index (χ4n) is 3.42. The van der Waals surface area contributed by atoms with Gasteiger partial charge in [0.05, 0.1) is 27.0 Å². The Labute approximate surface area is 203 Å². The summed E-state index contributed by atoms with van der Waals surface area (Å²) in [6.45, 7) is 14.0. The summed E-state index contributed by atoms with van der Waals surface area (Å²) in [5, 5.41) is 3.65. The zero-order chi connectivity index (χ0) is 25.6. The van der Waals surface area contributed by atoms with Gasteiger partial charge in [-0.2, -0.15) is 0 Å². The number of amides is 1. The first-order valence-electron chi connectivity index (χ1n) is 10.9. The van der Waals surface area contributed by atoms with Crippen LogP contribution in [0, 0.1) is 0 Å². The number of aromatic amines is 1. The maximum absolute atomic E-state index is 13.5. The maximum Gasteiger partial charge on any atom is 0.436 e. The second-order valence-corrected chi connectivity index (χ2v) is 10.6. The second-order valence-electron chi connectivity index (χ2n) is 10.2. The SMILES string of the molecule is CC(C)=c1[nH]n(C(=O)OC(C)(C)C)c(=O)c1=C1C=C(Cl)c2ccccc2N1C(=O)OC(C)(C)C.